The van der Waals surface area contributed by atoms with Gasteiger partial charge in [-0.3, -0.25) is 24.5 Å². The Bertz CT molecular complexity index is 2060. The van der Waals surface area contributed by atoms with E-state index >= 15 is 0 Å². The number of hydrogen-bond donors (Lipinski definition) is 1. The molecule has 1 unspecified atom stereocenters. The van der Waals surface area contributed by atoms with Gasteiger partial charge in [0.25, 0.3) is 11.5 Å². The van der Waals surface area contributed by atoms with Gasteiger partial charge < -0.3 is 28.7 Å². The van der Waals surface area contributed by atoms with Gasteiger partial charge in [-0.05, 0) is 73.1 Å². The molecule has 2 fully saturated rings. The van der Waals surface area contributed by atoms with E-state index in [9.17, 15) is 19.2 Å². The van der Waals surface area contributed by atoms with Crippen LogP contribution in [0.3, 0.4) is 0 Å². The largest absolute Gasteiger partial charge is 0.496 e. The van der Waals surface area contributed by atoms with Crippen molar-refractivity contribution in [1.82, 2.24) is 19.8 Å². The Balaban J connectivity index is 1.08. The monoisotopic (exact) mass is 678 g/mol. The molecule has 2 aromatic carbocycles. The smallest absolute Gasteiger partial charge is 0.259 e. The molecule has 50 heavy (non-hydrogen) atoms. The van der Waals surface area contributed by atoms with Gasteiger partial charge in [0.1, 0.15) is 23.4 Å². The van der Waals surface area contributed by atoms with E-state index in [1.807, 2.05) is 55.5 Å². The molecule has 0 radical (unpaired) electrons. The summed E-state index contributed by atoms with van der Waals surface area (Å²) in [7, 11) is 8.94. The molecule has 1 atom stereocenters. The second kappa shape index (κ2) is 13.1. The van der Waals surface area contributed by atoms with Gasteiger partial charge in [0.15, 0.2) is 0 Å². The van der Waals surface area contributed by atoms with Gasteiger partial charge in [0.2, 0.25) is 11.8 Å². The lowest BCUT2D eigenvalue weighted by molar-refractivity contribution is -0.136. The van der Waals surface area contributed by atoms with Crippen LogP contribution in [0.15, 0.2) is 53.6 Å². The van der Waals surface area contributed by atoms with Crippen molar-refractivity contribution in [2.75, 3.05) is 51.2 Å². The summed E-state index contributed by atoms with van der Waals surface area (Å²) in [6.07, 6.45) is 6.77. The van der Waals surface area contributed by atoms with E-state index in [0.717, 1.165) is 83.0 Å². The lowest BCUT2D eigenvalue weighted by atomic mass is 9.88. The third kappa shape index (κ3) is 5.92. The molecule has 1 N–H and O–H groups in total. The van der Waals surface area contributed by atoms with Crippen molar-refractivity contribution in [3.63, 3.8) is 0 Å². The standard InChI is InChI=1S/C38H42N6O6/c1-41(2)34-18-27-29(19-39-34)37(47)42(3)21-30(27)24-15-32(49-4)28(33(16-24)50-5)14-22-10-12-43(13-11-22)25-7-6-23-20-44(38(48)26(23)17-25)31-8-9-35(45)40-36(31)46/h6-7,15-19,21-22,31H,8-14,20H2,1-5H3,(H,40,45,46). The molecule has 0 aliphatic carbocycles. The number of ether oxygens (including phenoxy) is 2. The Morgan fingerprint density at radius 3 is 2.30 bits per heavy atom. The number of fused-ring (bicyclic) bond motifs is 2. The van der Waals surface area contributed by atoms with E-state index in [4.69, 9.17) is 9.47 Å². The Hall–Kier alpha value is -5.39. The third-order valence-electron chi connectivity index (χ3n) is 10.4. The number of anilines is 2. The fraction of sp³-hybridized carbons (Fsp3) is 0.395. The Labute approximate surface area is 290 Å². The Morgan fingerprint density at radius 1 is 0.920 bits per heavy atom. The van der Waals surface area contributed by atoms with Gasteiger partial charge in [0, 0.05) is 87.4 Å². The summed E-state index contributed by atoms with van der Waals surface area (Å²) in [5.74, 6) is 1.79. The topological polar surface area (TPSA) is 126 Å². The predicted molar refractivity (Wildman–Crippen MR) is 191 cm³/mol. The minimum absolute atomic E-state index is 0.107. The number of benzene rings is 2. The number of methoxy groups -OCH3 is 2. The van der Waals surface area contributed by atoms with E-state index < -0.39 is 11.9 Å². The van der Waals surface area contributed by atoms with Crippen LogP contribution < -0.4 is 30.1 Å². The summed E-state index contributed by atoms with van der Waals surface area (Å²) in [4.78, 5) is 60.8. The number of hydrogen-bond acceptors (Lipinski definition) is 9. The quantitative estimate of drug-likeness (QED) is 0.276. The molecule has 0 bridgehead atoms. The number of aryl methyl sites for hydroxylation is 1. The summed E-state index contributed by atoms with van der Waals surface area (Å²) in [6, 6.07) is 11.4. The fourth-order valence-electron chi connectivity index (χ4n) is 7.59. The number of pyridine rings is 2. The first-order chi connectivity index (χ1) is 24.1. The van der Waals surface area contributed by atoms with Crippen molar-refractivity contribution in [3.8, 4) is 22.6 Å². The average Bonchev–Trinajstić information content (AvgIpc) is 3.44. The van der Waals surface area contributed by atoms with E-state index in [2.05, 4.69) is 21.3 Å². The lowest BCUT2D eigenvalue weighted by Crippen LogP contribution is -2.52. The Morgan fingerprint density at radius 2 is 1.64 bits per heavy atom. The van der Waals surface area contributed by atoms with Crippen molar-refractivity contribution < 1.29 is 23.9 Å². The van der Waals surface area contributed by atoms with Crippen LogP contribution in [-0.4, -0.2) is 79.6 Å². The molecule has 12 heteroatoms. The zero-order chi connectivity index (χ0) is 35.3. The first kappa shape index (κ1) is 33.1. The van der Waals surface area contributed by atoms with Gasteiger partial charge in [-0.15, -0.1) is 0 Å². The first-order valence-electron chi connectivity index (χ1n) is 17.0. The van der Waals surface area contributed by atoms with E-state index in [0.29, 0.717) is 29.8 Å². The van der Waals surface area contributed by atoms with Crippen molar-refractivity contribution in [2.24, 2.45) is 13.0 Å². The SMILES string of the molecule is COc1cc(-c2cn(C)c(=O)c3cnc(N(C)C)cc23)cc(OC)c1CC1CCN(c2ccc3c(c2)C(=O)N(C2CCC(=O)NC2=O)C3)CC1. The number of aromatic nitrogens is 2. The zero-order valence-corrected chi connectivity index (χ0v) is 29.1. The number of piperidine rings is 2. The van der Waals surface area contributed by atoms with Crippen LogP contribution >= 0.6 is 0 Å². The van der Waals surface area contributed by atoms with E-state index in [1.54, 1.807) is 36.9 Å². The minimum atomic E-state index is -0.621. The summed E-state index contributed by atoms with van der Waals surface area (Å²) < 4.78 is 13.5. The van der Waals surface area contributed by atoms with Gasteiger partial charge in [-0.2, -0.15) is 0 Å². The highest BCUT2D eigenvalue weighted by atomic mass is 16.5. The number of nitrogens with one attached hydrogen (secondary N) is 1. The molecule has 0 spiro atoms. The van der Waals surface area contributed by atoms with E-state index in [1.165, 1.54) is 0 Å². The minimum Gasteiger partial charge on any atom is -0.496 e. The first-order valence-corrected chi connectivity index (χ1v) is 17.0. The second-order valence-corrected chi connectivity index (χ2v) is 13.7. The van der Waals surface area contributed by atoms with Crippen LogP contribution in [-0.2, 0) is 29.6 Å². The second-order valence-electron chi connectivity index (χ2n) is 13.7. The molecule has 12 nitrogen and oxygen atoms in total. The molecular weight excluding hydrogens is 636 g/mol. The van der Waals surface area contributed by atoms with Crippen molar-refractivity contribution in [3.05, 3.63) is 75.8 Å². The van der Waals surface area contributed by atoms with Crippen LogP contribution in [0.1, 0.15) is 47.2 Å². The molecule has 3 amide bonds. The molecule has 5 heterocycles. The summed E-state index contributed by atoms with van der Waals surface area (Å²) >= 11 is 0. The number of carbonyl (C=O) groups is 3. The fourth-order valence-corrected chi connectivity index (χ4v) is 7.59. The number of rotatable bonds is 8. The molecule has 0 saturated carbocycles. The van der Waals surface area contributed by atoms with Crippen LogP contribution in [0.5, 0.6) is 11.5 Å². The Kier molecular flexibility index (Phi) is 8.71. The molecule has 7 rings (SSSR count). The molecule has 3 aliphatic heterocycles. The molecule has 2 aromatic heterocycles. The third-order valence-corrected chi connectivity index (χ3v) is 10.4. The van der Waals surface area contributed by atoms with Crippen LogP contribution in [0.4, 0.5) is 11.5 Å². The maximum atomic E-state index is 13.4. The van der Waals surface area contributed by atoms with Crippen LogP contribution in [0.2, 0.25) is 0 Å². The zero-order valence-electron chi connectivity index (χ0n) is 29.1. The van der Waals surface area contributed by atoms with Crippen molar-refractivity contribution >= 4 is 40.0 Å². The predicted octanol–water partition coefficient (Wildman–Crippen LogP) is 3.90. The molecular formula is C38H42N6O6. The highest BCUT2D eigenvalue weighted by Crippen LogP contribution is 2.40. The number of imide groups is 1. The highest BCUT2D eigenvalue weighted by molar-refractivity contribution is 6.05. The molecule has 4 aromatic rings. The van der Waals surface area contributed by atoms with Gasteiger partial charge >= 0.3 is 0 Å². The van der Waals surface area contributed by atoms with Gasteiger partial charge in [0.05, 0.1) is 19.6 Å². The molecule has 2 saturated heterocycles. The lowest BCUT2D eigenvalue weighted by Gasteiger charge is -2.34. The van der Waals surface area contributed by atoms with Crippen LogP contribution in [0, 0.1) is 5.92 Å². The molecule has 3 aliphatic rings. The maximum Gasteiger partial charge on any atom is 0.259 e. The summed E-state index contributed by atoms with van der Waals surface area (Å²) in [5.41, 5.74) is 5.21. The van der Waals surface area contributed by atoms with Gasteiger partial charge in [-0.25, -0.2) is 4.98 Å². The van der Waals surface area contributed by atoms with Crippen molar-refractivity contribution in [1.29, 1.82) is 0 Å². The van der Waals surface area contributed by atoms with Gasteiger partial charge in [-0.1, -0.05) is 6.07 Å². The summed E-state index contributed by atoms with van der Waals surface area (Å²) in [6.45, 7) is 2.05. The number of nitrogens with zero attached hydrogens (tertiary/aromatic N) is 5. The normalized spacial score (nSPS) is 18.0. The number of amides is 3. The maximum absolute atomic E-state index is 13.4. The van der Waals surface area contributed by atoms with Crippen LogP contribution in [0.25, 0.3) is 21.9 Å². The summed E-state index contributed by atoms with van der Waals surface area (Å²) in [5, 5.41) is 3.73. The van der Waals surface area contributed by atoms with Crippen molar-refractivity contribution in [2.45, 2.75) is 44.7 Å². The highest BCUT2D eigenvalue weighted by Gasteiger charge is 2.39. The average molecular weight is 679 g/mol. The molecule has 260 valence electrons. The number of carbonyl (C=O) groups excluding carboxylic acids is 3. The van der Waals surface area contributed by atoms with E-state index in [-0.39, 0.29) is 23.8 Å².